The Hall–Kier alpha value is -1.80. The summed E-state index contributed by atoms with van der Waals surface area (Å²) in [5, 5.41) is 2.60. The van der Waals surface area contributed by atoms with Gasteiger partial charge in [-0.25, -0.2) is 0 Å². The molecule has 0 saturated heterocycles. The van der Waals surface area contributed by atoms with E-state index in [-0.39, 0.29) is 12.3 Å². The fourth-order valence-corrected chi connectivity index (χ4v) is 2.92. The van der Waals surface area contributed by atoms with E-state index in [0.29, 0.717) is 0 Å². The van der Waals surface area contributed by atoms with Gasteiger partial charge in [-0.3, -0.25) is 0 Å². The minimum absolute atomic E-state index is 0.0831. The molecule has 1 aromatic heterocycles. The number of hydrogen-bond donors (Lipinski definition) is 0. The van der Waals surface area contributed by atoms with Crippen molar-refractivity contribution in [1.29, 1.82) is 0 Å². The number of hydrogen-bond acceptors (Lipinski definition) is 1. The fourth-order valence-electron chi connectivity index (χ4n) is 2.92. The lowest BCUT2D eigenvalue weighted by Crippen LogP contribution is -2.16. The first kappa shape index (κ1) is 13.2. The van der Waals surface area contributed by atoms with Gasteiger partial charge in [0.2, 0.25) is 0 Å². The molecular formula is C18H21NO. The normalized spacial score (nSPS) is 13.4. The molecule has 3 rings (SSSR count). The van der Waals surface area contributed by atoms with E-state index in [9.17, 15) is 0 Å². The molecule has 0 fully saturated rings. The minimum atomic E-state index is 0.0831. The van der Waals surface area contributed by atoms with Crippen molar-refractivity contribution < 1.29 is 4.74 Å². The fraction of sp³-hybridized carbons (Fsp3) is 0.333. The molecule has 3 aromatic rings. The van der Waals surface area contributed by atoms with Crippen LogP contribution in [0.2, 0.25) is 0 Å². The first-order chi connectivity index (χ1) is 9.72. The van der Waals surface area contributed by atoms with Gasteiger partial charge in [-0.05, 0) is 32.4 Å². The van der Waals surface area contributed by atoms with Gasteiger partial charge in [0.25, 0.3) is 0 Å². The van der Waals surface area contributed by atoms with Crippen LogP contribution in [0.3, 0.4) is 0 Å². The summed E-state index contributed by atoms with van der Waals surface area (Å²) >= 11 is 0. The molecule has 0 radical (unpaired) electrons. The molecule has 2 nitrogen and oxygen atoms in total. The van der Waals surface area contributed by atoms with Crippen LogP contribution in [0.5, 0.6) is 0 Å². The molecule has 0 amide bonds. The zero-order valence-electron chi connectivity index (χ0n) is 12.3. The van der Waals surface area contributed by atoms with Crippen LogP contribution < -0.4 is 0 Å². The molecule has 104 valence electrons. The third kappa shape index (κ3) is 2.10. The van der Waals surface area contributed by atoms with E-state index in [1.54, 1.807) is 0 Å². The number of ether oxygens (including phenoxy) is 1. The zero-order chi connectivity index (χ0) is 14.1. The summed E-state index contributed by atoms with van der Waals surface area (Å²) in [5.41, 5.74) is 2.50. The highest BCUT2D eigenvalue weighted by Gasteiger charge is 2.17. The topological polar surface area (TPSA) is 14.2 Å². The van der Waals surface area contributed by atoms with Crippen molar-refractivity contribution in [3.8, 4) is 0 Å². The quantitative estimate of drug-likeness (QED) is 0.639. The standard InChI is InChI=1S/C18H21NO/c1-4-18(20-13(2)3)19-16-11-7-5-9-14(16)15-10-6-8-12-17(15)19/h5-13,18H,4H2,1-3H3/t18-/m1/s1. The van der Waals surface area contributed by atoms with E-state index >= 15 is 0 Å². The van der Waals surface area contributed by atoms with Crippen LogP contribution in [0.15, 0.2) is 48.5 Å². The van der Waals surface area contributed by atoms with Gasteiger partial charge in [0.15, 0.2) is 0 Å². The summed E-state index contributed by atoms with van der Waals surface area (Å²) < 4.78 is 8.46. The Kier molecular flexibility index (Phi) is 3.49. The molecule has 0 aliphatic heterocycles. The maximum absolute atomic E-state index is 6.12. The first-order valence-corrected chi connectivity index (χ1v) is 7.35. The second-order valence-corrected chi connectivity index (χ2v) is 5.45. The molecule has 1 atom stereocenters. The van der Waals surface area contributed by atoms with Crippen LogP contribution in [-0.2, 0) is 4.74 Å². The van der Waals surface area contributed by atoms with Crippen molar-refractivity contribution in [2.24, 2.45) is 0 Å². The van der Waals surface area contributed by atoms with Gasteiger partial charge >= 0.3 is 0 Å². The van der Waals surface area contributed by atoms with Crippen LogP contribution in [0.1, 0.15) is 33.4 Å². The predicted octanol–water partition coefficient (Wildman–Crippen LogP) is 5.13. The highest BCUT2D eigenvalue weighted by molar-refractivity contribution is 6.08. The lowest BCUT2D eigenvalue weighted by atomic mass is 10.2. The molecule has 1 heterocycles. The van der Waals surface area contributed by atoms with Crippen molar-refractivity contribution >= 4 is 21.8 Å². The minimum Gasteiger partial charge on any atom is -0.355 e. The number of fused-ring (bicyclic) bond motifs is 3. The molecule has 0 bridgehead atoms. The van der Waals surface area contributed by atoms with Crippen LogP contribution in [0.4, 0.5) is 0 Å². The summed E-state index contributed by atoms with van der Waals surface area (Å²) in [6, 6.07) is 17.1. The van der Waals surface area contributed by atoms with Crippen molar-refractivity contribution in [3.05, 3.63) is 48.5 Å². The maximum Gasteiger partial charge on any atom is 0.134 e. The lowest BCUT2D eigenvalue weighted by Gasteiger charge is -2.22. The molecule has 2 aromatic carbocycles. The third-order valence-electron chi connectivity index (χ3n) is 3.68. The van der Waals surface area contributed by atoms with E-state index in [4.69, 9.17) is 4.74 Å². The Morgan fingerprint density at radius 3 is 1.85 bits per heavy atom. The highest BCUT2D eigenvalue weighted by atomic mass is 16.5. The van der Waals surface area contributed by atoms with E-state index in [0.717, 1.165) is 6.42 Å². The van der Waals surface area contributed by atoms with E-state index in [1.807, 2.05) is 0 Å². The molecule has 0 N–H and O–H groups in total. The van der Waals surface area contributed by atoms with Crippen LogP contribution in [0.25, 0.3) is 21.8 Å². The average molecular weight is 267 g/mol. The monoisotopic (exact) mass is 267 g/mol. The van der Waals surface area contributed by atoms with Crippen molar-refractivity contribution in [2.45, 2.75) is 39.5 Å². The highest BCUT2D eigenvalue weighted by Crippen LogP contribution is 2.33. The number of para-hydroxylation sites is 2. The van der Waals surface area contributed by atoms with Gasteiger partial charge in [0.1, 0.15) is 6.23 Å². The van der Waals surface area contributed by atoms with Crippen molar-refractivity contribution in [1.82, 2.24) is 4.57 Å². The van der Waals surface area contributed by atoms with Crippen LogP contribution >= 0.6 is 0 Å². The van der Waals surface area contributed by atoms with Crippen LogP contribution in [0, 0.1) is 0 Å². The summed E-state index contributed by atoms with van der Waals surface area (Å²) in [6.45, 7) is 6.36. The smallest absolute Gasteiger partial charge is 0.134 e. The Morgan fingerprint density at radius 2 is 1.40 bits per heavy atom. The van der Waals surface area contributed by atoms with Gasteiger partial charge in [-0.1, -0.05) is 43.3 Å². The van der Waals surface area contributed by atoms with E-state index in [1.165, 1.54) is 21.8 Å². The van der Waals surface area contributed by atoms with Gasteiger partial charge < -0.3 is 9.30 Å². The van der Waals surface area contributed by atoms with Gasteiger partial charge in [-0.2, -0.15) is 0 Å². The zero-order valence-corrected chi connectivity index (χ0v) is 12.3. The molecule has 2 heteroatoms. The second-order valence-electron chi connectivity index (χ2n) is 5.45. The van der Waals surface area contributed by atoms with Crippen molar-refractivity contribution in [3.63, 3.8) is 0 Å². The number of rotatable bonds is 4. The SMILES string of the molecule is CC[C@@H](OC(C)C)n1c2ccccc2c2ccccc21. The Labute approximate surface area is 120 Å². The molecule has 0 unspecified atom stereocenters. The van der Waals surface area contributed by atoms with Gasteiger partial charge in [-0.15, -0.1) is 0 Å². The van der Waals surface area contributed by atoms with E-state index in [2.05, 4.69) is 73.9 Å². The lowest BCUT2D eigenvalue weighted by molar-refractivity contribution is -0.0342. The molecule has 0 aliphatic rings. The predicted molar refractivity (Wildman–Crippen MR) is 85.0 cm³/mol. The number of nitrogens with zero attached hydrogens (tertiary/aromatic N) is 1. The van der Waals surface area contributed by atoms with E-state index < -0.39 is 0 Å². The molecule has 20 heavy (non-hydrogen) atoms. The van der Waals surface area contributed by atoms with Gasteiger partial charge in [0.05, 0.1) is 17.1 Å². The molecule has 0 aliphatic carbocycles. The Balaban J connectivity index is 2.30. The Bertz CT molecular complexity index is 673. The average Bonchev–Trinajstić information content (AvgIpc) is 2.79. The first-order valence-electron chi connectivity index (χ1n) is 7.35. The second kappa shape index (κ2) is 5.29. The molecule has 0 spiro atoms. The summed E-state index contributed by atoms with van der Waals surface area (Å²) in [4.78, 5) is 0. The summed E-state index contributed by atoms with van der Waals surface area (Å²) in [5.74, 6) is 0. The summed E-state index contributed by atoms with van der Waals surface area (Å²) in [6.07, 6.45) is 1.26. The van der Waals surface area contributed by atoms with Gasteiger partial charge in [0, 0.05) is 10.8 Å². The number of aromatic nitrogens is 1. The Morgan fingerprint density at radius 1 is 0.900 bits per heavy atom. The number of benzene rings is 2. The summed E-state index contributed by atoms with van der Waals surface area (Å²) in [7, 11) is 0. The molecule has 0 saturated carbocycles. The third-order valence-corrected chi connectivity index (χ3v) is 3.68. The van der Waals surface area contributed by atoms with Crippen LogP contribution in [-0.4, -0.2) is 10.7 Å². The molecular weight excluding hydrogens is 246 g/mol. The largest absolute Gasteiger partial charge is 0.355 e. The van der Waals surface area contributed by atoms with Crippen molar-refractivity contribution in [2.75, 3.05) is 0 Å². The maximum atomic E-state index is 6.12.